The van der Waals surface area contributed by atoms with Crippen LogP contribution in [0.3, 0.4) is 0 Å². The fourth-order valence-corrected chi connectivity index (χ4v) is 0.861. The molecule has 0 aliphatic carbocycles. The number of nitrogens with two attached hydrogens (primary N) is 1. The van der Waals surface area contributed by atoms with Gasteiger partial charge >= 0.3 is 5.97 Å². The molecular weight excluding hydrogens is 130 g/mol. The van der Waals surface area contributed by atoms with Crippen molar-refractivity contribution in [1.82, 2.24) is 0 Å². The van der Waals surface area contributed by atoms with Gasteiger partial charge in [0.2, 0.25) is 0 Å². The number of carbonyl (C=O) groups is 1. The van der Waals surface area contributed by atoms with Crippen molar-refractivity contribution in [2.45, 2.75) is 20.3 Å². The highest BCUT2D eigenvalue weighted by atomic mass is 16.4. The molecule has 0 aliphatic rings. The van der Waals surface area contributed by atoms with Gasteiger partial charge in [-0.1, -0.05) is 20.3 Å². The van der Waals surface area contributed by atoms with E-state index in [1.54, 1.807) is 0 Å². The van der Waals surface area contributed by atoms with Gasteiger partial charge < -0.3 is 10.8 Å². The van der Waals surface area contributed by atoms with E-state index < -0.39 is 5.97 Å². The second kappa shape index (κ2) is 4.28. The standard InChI is InChI=1S/C7H15NO2/c1-3-5(2)6(4-8)7(9)10/h5-6H,3-4,8H2,1-2H3,(H,9,10)/t5-,6-/m0/s1. The van der Waals surface area contributed by atoms with Crippen molar-refractivity contribution < 1.29 is 9.90 Å². The maximum atomic E-state index is 10.5. The Labute approximate surface area is 61.2 Å². The van der Waals surface area contributed by atoms with Crippen LogP contribution in [-0.4, -0.2) is 17.6 Å². The van der Waals surface area contributed by atoms with E-state index in [1.165, 1.54) is 0 Å². The molecule has 10 heavy (non-hydrogen) atoms. The predicted octanol–water partition coefficient (Wildman–Crippen LogP) is 0.692. The van der Waals surface area contributed by atoms with Crippen LogP contribution in [0, 0.1) is 11.8 Å². The maximum Gasteiger partial charge on any atom is 0.308 e. The van der Waals surface area contributed by atoms with Crippen LogP contribution in [0.2, 0.25) is 0 Å². The largest absolute Gasteiger partial charge is 0.481 e. The zero-order valence-corrected chi connectivity index (χ0v) is 6.50. The van der Waals surface area contributed by atoms with Crippen LogP contribution in [0.15, 0.2) is 0 Å². The van der Waals surface area contributed by atoms with E-state index in [9.17, 15) is 4.79 Å². The highest BCUT2D eigenvalue weighted by Crippen LogP contribution is 2.13. The van der Waals surface area contributed by atoms with Crippen LogP contribution in [0.5, 0.6) is 0 Å². The number of carboxylic acids is 1. The van der Waals surface area contributed by atoms with Crippen molar-refractivity contribution in [3.63, 3.8) is 0 Å². The Balaban J connectivity index is 3.92. The van der Waals surface area contributed by atoms with E-state index >= 15 is 0 Å². The second-order valence-electron chi connectivity index (χ2n) is 2.57. The van der Waals surface area contributed by atoms with Gasteiger partial charge in [-0.3, -0.25) is 4.79 Å². The van der Waals surface area contributed by atoms with Crippen LogP contribution in [0.4, 0.5) is 0 Å². The molecule has 0 aromatic rings. The lowest BCUT2D eigenvalue weighted by Crippen LogP contribution is -2.28. The molecule has 0 saturated heterocycles. The van der Waals surface area contributed by atoms with E-state index in [0.29, 0.717) is 0 Å². The van der Waals surface area contributed by atoms with Gasteiger partial charge in [0.25, 0.3) is 0 Å². The first-order chi connectivity index (χ1) is 4.63. The van der Waals surface area contributed by atoms with Crippen LogP contribution >= 0.6 is 0 Å². The van der Waals surface area contributed by atoms with Crippen molar-refractivity contribution in [2.75, 3.05) is 6.54 Å². The van der Waals surface area contributed by atoms with Gasteiger partial charge in [-0.15, -0.1) is 0 Å². The minimum atomic E-state index is -0.781. The van der Waals surface area contributed by atoms with Gasteiger partial charge in [-0.25, -0.2) is 0 Å². The van der Waals surface area contributed by atoms with Gasteiger partial charge in [-0.2, -0.15) is 0 Å². The average molecular weight is 145 g/mol. The van der Waals surface area contributed by atoms with Crippen molar-refractivity contribution in [3.05, 3.63) is 0 Å². The molecule has 0 heterocycles. The minimum absolute atomic E-state index is 0.183. The van der Waals surface area contributed by atoms with Gasteiger partial charge in [0.1, 0.15) is 0 Å². The van der Waals surface area contributed by atoms with Crippen molar-refractivity contribution in [1.29, 1.82) is 0 Å². The highest BCUT2D eigenvalue weighted by Gasteiger charge is 2.20. The van der Waals surface area contributed by atoms with Crippen molar-refractivity contribution in [2.24, 2.45) is 17.6 Å². The molecule has 60 valence electrons. The molecule has 0 radical (unpaired) electrons. The Kier molecular flexibility index (Phi) is 4.03. The summed E-state index contributed by atoms with van der Waals surface area (Å²) in [5.41, 5.74) is 5.27. The van der Waals surface area contributed by atoms with E-state index in [-0.39, 0.29) is 18.4 Å². The molecule has 0 saturated carbocycles. The Bertz CT molecular complexity index is 114. The first-order valence-electron chi connectivity index (χ1n) is 3.56. The summed E-state index contributed by atoms with van der Waals surface area (Å²) in [6.45, 7) is 4.12. The SMILES string of the molecule is CC[C@H](C)[C@H](CN)C(=O)O. The number of rotatable bonds is 4. The van der Waals surface area contributed by atoms with E-state index in [2.05, 4.69) is 0 Å². The quantitative estimate of drug-likeness (QED) is 0.611. The number of hydrogen-bond acceptors (Lipinski definition) is 2. The highest BCUT2D eigenvalue weighted by molar-refractivity contribution is 5.70. The molecular formula is C7H15NO2. The molecule has 2 atom stereocenters. The Morgan fingerprint density at radius 3 is 2.30 bits per heavy atom. The third-order valence-electron chi connectivity index (χ3n) is 1.90. The summed E-state index contributed by atoms with van der Waals surface area (Å²) in [5.74, 6) is -0.968. The third-order valence-corrected chi connectivity index (χ3v) is 1.90. The first kappa shape index (κ1) is 9.43. The molecule has 0 fully saturated rings. The molecule has 0 bridgehead atoms. The minimum Gasteiger partial charge on any atom is -0.481 e. The third kappa shape index (κ3) is 2.35. The molecule has 0 aromatic carbocycles. The fourth-order valence-electron chi connectivity index (χ4n) is 0.861. The van der Waals surface area contributed by atoms with Gasteiger partial charge in [0.15, 0.2) is 0 Å². The molecule has 3 nitrogen and oxygen atoms in total. The topological polar surface area (TPSA) is 63.3 Å². The predicted molar refractivity (Wildman–Crippen MR) is 39.6 cm³/mol. The molecule has 3 N–H and O–H groups in total. The lowest BCUT2D eigenvalue weighted by atomic mass is 9.92. The zero-order valence-electron chi connectivity index (χ0n) is 6.50. The number of hydrogen-bond donors (Lipinski definition) is 2. The molecule has 0 amide bonds. The summed E-state index contributed by atoms with van der Waals surface area (Å²) in [5, 5.41) is 8.59. The Morgan fingerprint density at radius 2 is 2.20 bits per heavy atom. The van der Waals surface area contributed by atoms with E-state index in [4.69, 9.17) is 10.8 Å². The van der Waals surface area contributed by atoms with Gasteiger partial charge in [-0.05, 0) is 5.92 Å². The van der Waals surface area contributed by atoms with Crippen LogP contribution in [0.1, 0.15) is 20.3 Å². The van der Waals surface area contributed by atoms with Gasteiger partial charge in [0.05, 0.1) is 5.92 Å². The monoisotopic (exact) mass is 145 g/mol. The summed E-state index contributed by atoms with van der Waals surface area (Å²) in [4.78, 5) is 10.5. The molecule has 0 spiro atoms. The molecule has 0 rings (SSSR count). The van der Waals surface area contributed by atoms with E-state index in [1.807, 2.05) is 13.8 Å². The molecule has 0 aromatic heterocycles. The molecule has 0 unspecified atom stereocenters. The smallest absolute Gasteiger partial charge is 0.308 e. The summed E-state index contributed by atoms with van der Waals surface area (Å²) >= 11 is 0. The molecule has 3 heteroatoms. The summed E-state index contributed by atoms with van der Waals surface area (Å²) < 4.78 is 0. The Hall–Kier alpha value is -0.570. The van der Waals surface area contributed by atoms with Crippen LogP contribution in [-0.2, 0) is 4.79 Å². The Morgan fingerprint density at radius 1 is 1.70 bits per heavy atom. The maximum absolute atomic E-state index is 10.5. The molecule has 0 aliphatic heterocycles. The lowest BCUT2D eigenvalue weighted by molar-refractivity contribution is -0.143. The lowest BCUT2D eigenvalue weighted by Gasteiger charge is -2.15. The van der Waals surface area contributed by atoms with Crippen molar-refractivity contribution in [3.8, 4) is 0 Å². The van der Waals surface area contributed by atoms with Gasteiger partial charge in [0, 0.05) is 6.54 Å². The summed E-state index contributed by atoms with van der Waals surface area (Å²) in [7, 11) is 0. The van der Waals surface area contributed by atoms with Crippen LogP contribution < -0.4 is 5.73 Å². The fraction of sp³-hybridized carbons (Fsp3) is 0.857. The van der Waals surface area contributed by atoms with Crippen molar-refractivity contribution >= 4 is 5.97 Å². The van der Waals surface area contributed by atoms with E-state index in [0.717, 1.165) is 6.42 Å². The number of aliphatic carboxylic acids is 1. The summed E-state index contributed by atoms with van der Waals surface area (Å²) in [6, 6.07) is 0. The summed E-state index contributed by atoms with van der Waals surface area (Å²) in [6.07, 6.45) is 0.869. The second-order valence-corrected chi connectivity index (χ2v) is 2.57. The van der Waals surface area contributed by atoms with Crippen LogP contribution in [0.25, 0.3) is 0 Å². The normalized spacial score (nSPS) is 16.3. The average Bonchev–Trinajstić information content (AvgIpc) is 1.88. The zero-order chi connectivity index (χ0) is 8.15. The first-order valence-corrected chi connectivity index (χ1v) is 3.56. The number of carboxylic acid groups (broad SMARTS) is 1.